The summed E-state index contributed by atoms with van der Waals surface area (Å²) in [5, 5.41) is 9.88. The summed E-state index contributed by atoms with van der Waals surface area (Å²) in [5.74, 6) is 1.64. The molecule has 2 heterocycles. The van der Waals surface area contributed by atoms with Crippen LogP contribution in [0.1, 0.15) is 24.7 Å². The van der Waals surface area contributed by atoms with E-state index in [0.29, 0.717) is 5.82 Å². The van der Waals surface area contributed by atoms with E-state index in [9.17, 15) is 0 Å². The first-order chi connectivity index (χ1) is 7.22. The van der Waals surface area contributed by atoms with Crippen molar-refractivity contribution in [1.29, 1.82) is 0 Å². The van der Waals surface area contributed by atoms with E-state index in [4.69, 9.17) is 11.6 Å². The Morgan fingerprint density at radius 1 is 1.53 bits per heavy atom. The van der Waals surface area contributed by atoms with Crippen LogP contribution in [-0.4, -0.2) is 15.2 Å². The Bertz CT molecular complexity index is 461. The second kappa shape index (κ2) is 4.33. The molecule has 0 saturated heterocycles. The molecule has 0 aliphatic heterocycles. The van der Waals surface area contributed by atoms with Gasteiger partial charge in [0.25, 0.3) is 0 Å². The summed E-state index contributed by atoms with van der Waals surface area (Å²) in [6.45, 7) is 4.10. The Hall–Kier alpha value is -0.870. The van der Waals surface area contributed by atoms with Crippen LogP contribution in [0.4, 0.5) is 0 Å². The van der Waals surface area contributed by atoms with Crippen molar-refractivity contribution in [3.05, 3.63) is 21.8 Å². The Balaban J connectivity index is 2.33. The third kappa shape index (κ3) is 2.06. The molecule has 0 spiro atoms. The van der Waals surface area contributed by atoms with Crippen molar-refractivity contribution in [2.24, 2.45) is 0 Å². The van der Waals surface area contributed by atoms with E-state index in [1.54, 1.807) is 11.3 Å². The average molecular weight is 242 g/mol. The molecule has 0 aromatic carbocycles. The van der Waals surface area contributed by atoms with Gasteiger partial charge in [-0.3, -0.25) is 5.10 Å². The highest BCUT2D eigenvalue weighted by molar-refractivity contribution is 7.14. The lowest BCUT2D eigenvalue weighted by molar-refractivity contribution is 0.841. The van der Waals surface area contributed by atoms with Crippen LogP contribution in [0.5, 0.6) is 0 Å². The lowest BCUT2D eigenvalue weighted by Crippen LogP contribution is -1.85. The van der Waals surface area contributed by atoms with Crippen molar-refractivity contribution in [3.63, 3.8) is 0 Å². The number of rotatable bonds is 3. The average Bonchev–Trinajstić information content (AvgIpc) is 2.77. The SMILES string of the molecule is CCCc1nc(-c2scc(C)c2Cl)n[nH]1. The molecule has 0 saturated carbocycles. The lowest BCUT2D eigenvalue weighted by atomic mass is 10.3. The largest absolute Gasteiger partial charge is 0.263 e. The number of nitrogens with one attached hydrogen (secondary N) is 1. The number of halogens is 1. The molecule has 0 amide bonds. The first-order valence-electron chi connectivity index (χ1n) is 4.87. The minimum Gasteiger partial charge on any atom is -0.263 e. The summed E-state index contributed by atoms with van der Waals surface area (Å²) < 4.78 is 0. The Morgan fingerprint density at radius 3 is 2.93 bits per heavy atom. The predicted molar refractivity (Wildman–Crippen MR) is 63.4 cm³/mol. The molecule has 5 heteroatoms. The van der Waals surface area contributed by atoms with Gasteiger partial charge in [0, 0.05) is 6.42 Å². The fourth-order valence-electron chi connectivity index (χ4n) is 1.33. The van der Waals surface area contributed by atoms with Crippen LogP contribution in [0.3, 0.4) is 0 Å². The summed E-state index contributed by atoms with van der Waals surface area (Å²) >= 11 is 7.73. The molecule has 0 bridgehead atoms. The Morgan fingerprint density at radius 2 is 2.33 bits per heavy atom. The minimum atomic E-state index is 0.710. The van der Waals surface area contributed by atoms with Gasteiger partial charge in [-0.25, -0.2) is 4.98 Å². The van der Waals surface area contributed by atoms with Crippen molar-refractivity contribution in [2.45, 2.75) is 26.7 Å². The molecule has 0 unspecified atom stereocenters. The van der Waals surface area contributed by atoms with Gasteiger partial charge in [0.1, 0.15) is 5.82 Å². The summed E-state index contributed by atoms with van der Waals surface area (Å²) in [6.07, 6.45) is 1.99. The summed E-state index contributed by atoms with van der Waals surface area (Å²) in [7, 11) is 0. The van der Waals surface area contributed by atoms with Crippen LogP contribution in [0.15, 0.2) is 5.38 Å². The van der Waals surface area contributed by atoms with Crippen LogP contribution in [0.25, 0.3) is 10.7 Å². The number of thiophene rings is 1. The normalized spacial score (nSPS) is 10.9. The number of aromatic nitrogens is 3. The van der Waals surface area contributed by atoms with Gasteiger partial charge in [0.2, 0.25) is 0 Å². The van der Waals surface area contributed by atoms with E-state index in [0.717, 1.165) is 34.1 Å². The molecule has 3 nitrogen and oxygen atoms in total. The highest BCUT2D eigenvalue weighted by atomic mass is 35.5. The molecule has 2 aromatic heterocycles. The molecule has 0 radical (unpaired) electrons. The number of aryl methyl sites for hydroxylation is 2. The first-order valence-corrected chi connectivity index (χ1v) is 6.13. The molecule has 2 rings (SSSR count). The molecule has 0 aliphatic rings. The van der Waals surface area contributed by atoms with Gasteiger partial charge in [-0.2, -0.15) is 5.10 Å². The van der Waals surface area contributed by atoms with Gasteiger partial charge in [-0.15, -0.1) is 11.3 Å². The van der Waals surface area contributed by atoms with Crippen molar-refractivity contribution >= 4 is 22.9 Å². The summed E-state index contributed by atoms with van der Waals surface area (Å²) in [6, 6.07) is 0. The van der Waals surface area contributed by atoms with Gasteiger partial charge in [-0.1, -0.05) is 18.5 Å². The second-order valence-electron chi connectivity index (χ2n) is 3.42. The molecule has 0 aliphatic carbocycles. The Kier molecular flexibility index (Phi) is 3.07. The van der Waals surface area contributed by atoms with Crippen LogP contribution >= 0.6 is 22.9 Å². The number of aromatic amines is 1. The molecule has 15 heavy (non-hydrogen) atoms. The lowest BCUT2D eigenvalue weighted by Gasteiger charge is -1.90. The van der Waals surface area contributed by atoms with E-state index < -0.39 is 0 Å². The molecule has 80 valence electrons. The zero-order chi connectivity index (χ0) is 10.8. The maximum Gasteiger partial charge on any atom is 0.192 e. The molecule has 2 aromatic rings. The van der Waals surface area contributed by atoms with E-state index >= 15 is 0 Å². The van der Waals surface area contributed by atoms with E-state index in [-0.39, 0.29) is 0 Å². The Labute approximate surface area is 97.5 Å². The summed E-state index contributed by atoms with van der Waals surface area (Å²) in [5.41, 5.74) is 1.08. The van der Waals surface area contributed by atoms with Crippen LogP contribution in [0.2, 0.25) is 5.02 Å². The van der Waals surface area contributed by atoms with Gasteiger partial charge >= 0.3 is 0 Å². The molecule has 1 N–H and O–H groups in total. The highest BCUT2D eigenvalue weighted by Gasteiger charge is 2.13. The first kappa shape index (κ1) is 10.6. The van der Waals surface area contributed by atoms with E-state index in [1.165, 1.54) is 0 Å². The standard InChI is InChI=1S/C10H12ClN3S/c1-3-4-7-12-10(14-13-7)9-8(11)6(2)5-15-9/h5H,3-4H2,1-2H3,(H,12,13,14). The fraction of sp³-hybridized carbons (Fsp3) is 0.400. The third-order valence-electron chi connectivity index (χ3n) is 2.12. The van der Waals surface area contributed by atoms with Crippen LogP contribution in [-0.2, 0) is 6.42 Å². The number of nitrogens with zero attached hydrogens (tertiary/aromatic N) is 2. The van der Waals surface area contributed by atoms with Crippen molar-refractivity contribution < 1.29 is 0 Å². The highest BCUT2D eigenvalue weighted by Crippen LogP contribution is 2.34. The second-order valence-corrected chi connectivity index (χ2v) is 4.68. The van der Waals surface area contributed by atoms with Gasteiger partial charge in [0.05, 0.1) is 9.90 Å². The molecular formula is C10H12ClN3S. The van der Waals surface area contributed by atoms with Crippen LogP contribution < -0.4 is 0 Å². The van der Waals surface area contributed by atoms with Crippen molar-refractivity contribution in [2.75, 3.05) is 0 Å². The number of H-pyrrole nitrogens is 1. The van der Waals surface area contributed by atoms with Crippen molar-refractivity contribution in [3.8, 4) is 10.7 Å². The molecule has 0 atom stereocenters. The fourth-order valence-corrected chi connectivity index (χ4v) is 2.54. The predicted octanol–water partition coefficient (Wildman–Crippen LogP) is 3.45. The van der Waals surface area contributed by atoms with Gasteiger partial charge < -0.3 is 0 Å². The van der Waals surface area contributed by atoms with Gasteiger partial charge in [-0.05, 0) is 24.3 Å². The summed E-state index contributed by atoms with van der Waals surface area (Å²) in [4.78, 5) is 5.36. The van der Waals surface area contributed by atoms with E-state index in [1.807, 2.05) is 12.3 Å². The zero-order valence-corrected chi connectivity index (χ0v) is 10.2. The number of hydrogen-bond donors (Lipinski definition) is 1. The number of hydrogen-bond acceptors (Lipinski definition) is 3. The van der Waals surface area contributed by atoms with Gasteiger partial charge in [0.15, 0.2) is 5.82 Å². The minimum absolute atomic E-state index is 0.710. The van der Waals surface area contributed by atoms with E-state index in [2.05, 4.69) is 22.1 Å². The quantitative estimate of drug-likeness (QED) is 0.894. The monoisotopic (exact) mass is 241 g/mol. The van der Waals surface area contributed by atoms with Crippen molar-refractivity contribution in [1.82, 2.24) is 15.2 Å². The zero-order valence-electron chi connectivity index (χ0n) is 8.67. The smallest absolute Gasteiger partial charge is 0.192 e. The maximum atomic E-state index is 6.15. The maximum absolute atomic E-state index is 6.15. The molecule has 0 fully saturated rings. The molecular weight excluding hydrogens is 230 g/mol. The topological polar surface area (TPSA) is 41.6 Å². The van der Waals surface area contributed by atoms with Crippen LogP contribution in [0, 0.1) is 6.92 Å². The third-order valence-corrected chi connectivity index (χ3v) is 3.81.